The van der Waals surface area contributed by atoms with E-state index >= 15 is 0 Å². The average molecular weight is 475 g/mol. The Bertz CT molecular complexity index is 1060. The van der Waals surface area contributed by atoms with Crippen LogP contribution >= 0.6 is 0 Å². The van der Waals surface area contributed by atoms with E-state index in [0.29, 0.717) is 49.5 Å². The molecular weight excluding hydrogens is 432 g/mol. The fourth-order valence-electron chi connectivity index (χ4n) is 4.62. The SMILES string of the molecule is CCCCn1c(=O)[nH]c(=O)c2c1nc(CCC(=O)NCCCN1CCC(C)CC1)n2CC(C)C. The summed E-state index contributed by atoms with van der Waals surface area (Å²) in [5, 5.41) is 3.03. The number of carbonyl (C=O) groups is 1. The van der Waals surface area contributed by atoms with Gasteiger partial charge in [-0.2, -0.15) is 0 Å². The molecule has 0 aliphatic carbocycles. The van der Waals surface area contributed by atoms with Crippen molar-refractivity contribution in [3.8, 4) is 0 Å². The van der Waals surface area contributed by atoms with Crippen LogP contribution in [0.4, 0.5) is 0 Å². The number of piperidine rings is 1. The van der Waals surface area contributed by atoms with Crippen LogP contribution in [0.2, 0.25) is 0 Å². The van der Waals surface area contributed by atoms with Gasteiger partial charge in [0, 0.05) is 32.5 Å². The maximum absolute atomic E-state index is 12.7. The smallest absolute Gasteiger partial charge is 0.330 e. The van der Waals surface area contributed by atoms with E-state index in [1.54, 1.807) is 4.57 Å². The summed E-state index contributed by atoms with van der Waals surface area (Å²) in [5.74, 6) is 1.79. The standard InChI is InChI=1S/C25H42N6O3/c1-5-6-14-30-23-22(24(33)28-25(30)34)31(17-18(2)3)20(27-23)8-9-21(32)26-12-7-13-29-15-10-19(4)11-16-29/h18-19H,5-17H2,1-4H3,(H,26,32)(H,28,33,34). The quantitative estimate of drug-likeness (QED) is 0.460. The minimum atomic E-state index is -0.424. The van der Waals surface area contributed by atoms with Crippen molar-refractivity contribution >= 4 is 17.1 Å². The summed E-state index contributed by atoms with van der Waals surface area (Å²) in [6.45, 7) is 13.6. The molecule has 1 saturated heterocycles. The molecule has 0 radical (unpaired) electrons. The third-order valence-corrected chi connectivity index (χ3v) is 6.67. The Kier molecular flexibility index (Phi) is 9.50. The monoisotopic (exact) mass is 474 g/mol. The summed E-state index contributed by atoms with van der Waals surface area (Å²) in [7, 11) is 0. The lowest BCUT2D eigenvalue weighted by molar-refractivity contribution is -0.121. The predicted molar refractivity (Wildman–Crippen MR) is 135 cm³/mol. The number of fused-ring (bicyclic) bond motifs is 1. The number of nitrogens with one attached hydrogen (secondary N) is 2. The first-order chi connectivity index (χ1) is 16.3. The molecule has 34 heavy (non-hydrogen) atoms. The molecule has 0 unspecified atom stereocenters. The van der Waals surface area contributed by atoms with Crippen LogP contribution in [0.15, 0.2) is 9.59 Å². The van der Waals surface area contributed by atoms with Crippen LogP contribution in [0.1, 0.15) is 72.0 Å². The van der Waals surface area contributed by atoms with Crippen LogP contribution in [0.25, 0.3) is 11.2 Å². The first-order valence-electron chi connectivity index (χ1n) is 13.0. The number of H-pyrrole nitrogens is 1. The van der Waals surface area contributed by atoms with Crippen molar-refractivity contribution in [3.63, 3.8) is 0 Å². The van der Waals surface area contributed by atoms with Crippen LogP contribution in [-0.2, 0) is 24.3 Å². The van der Waals surface area contributed by atoms with Gasteiger partial charge in [0.2, 0.25) is 5.91 Å². The lowest BCUT2D eigenvalue weighted by Gasteiger charge is -2.30. The Morgan fingerprint density at radius 1 is 1.15 bits per heavy atom. The summed E-state index contributed by atoms with van der Waals surface area (Å²) in [5.41, 5.74) is 0.0149. The number of unbranched alkanes of at least 4 members (excludes halogenated alkanes) is 1. The third-order valence-electron chi connectivity index (χ3n) is 6.67. The van der Waals surface area contributed by atoms with Gasteiger partial charge in [0.15, 0.2) is 11.2 Å². The summed E-state index contributed by atoms with van der Waals surface area (Å²) in [4.78, 5) is 47.3. The number of aryl methyl sites for hydroxylation is 2. The number of hydrogen-bond acceptors (Lipinski definition) is 5. The molecule has 0 bridgehead atoms. The van der Waals surface area contributed by atoms with Gasteiger partial charge < -0.3 is 14.8 Å². The summed E-state index contributed by atoms with van der Waals surface area (Å²) in [6, 6.07) is 0. The molecule has 3 rings (SSSR count). The molecule has 9 heteroatoms. The molecule has 0 spiro atoms. The molecule has 190 valence electrons. The highest BCUT2D eigenvalue weighted by Crippen LogP contribution is 2.17. The largest absolute Gasteiger partial charge is 0.356 e. The number of aromatic nitrogens is 4. The highest BCUT2D eigenvalue weighted by molar-refractivity contribution is 5.76. The first-order valence-corrected chi connectivity index (χ1v) is 13.0. The molecule has 9 nitrogen and oxygen atoms in total. The first kappa shape index (κ1) is 26.2. The van der Waals surface area contributed by atoms with E-state index in [1.165, 1.54) is 12.8 Å². The van der Waals surface area contributed by atoms with E-state index in [0.717, 1.165) is 44.8 Å². The van der Waals surface area contributed by atoms with Crippen molar-refractivity contribution in [3.05, 3.63) is 26.7 Å². The second-order valence-electron chi connectivity index (χ2n) is 10.2. The lowest BCUT2D eigenvalue weighted by Crippen LogP contribution is -2.35. The second-order valence-corrected chi connectivity index (χ2v) is 10.2. The van der Waals surface area contributed by atoms with Gasteiger partial charge in [0.25, 0.3) is 5.56 Å². The number of aromatic amines is 1. The fraction of sp³-hybridized carbons (Fsp3) is 0.760. The van der Waals surface area contributed by atoms with E-state index in [1.807, 2.05) is 4.57 Å². The second kappa shape index (κ2) is 12.3. The minimum Gasteiger partial charge on any atom is -0.356 e. The molecule has 1 fully saturated rings. The van der Waals surface area contributed by atoms with Gasteiger partial charge in [0.1, 0.15) is 5.82 Å². The number of carbonyl (C=O) groups excluding carboxylic acids is 1. The zero-order chi connectivity index (χ0) is 24.7. The van der Waals surface area contributed by atoms with Crippen molar-refractivity contribution in [2.75, 3.05) is 26.2 Å². The van der Waals surface area contributed by atoms with E-state index in [9.17, 15) is 14.4 Å². The van der Waals surface area contributed by atoms with E-state index in [-0.39, 0.29) is 11.8 Å². The highest BCUT2D eigenvalue weighted by atomic mass is 16.2. The molecule has 3 heterocycles. The third kappa shape index (κ3) is 6.81. The molecular formula is C25H42N6O3. The molecule has 0 saturated carbocycles. The van der Waals surface area contributed by atoms with Gasteiger partial charge in [-0.15, -0.1) is 0 Å². The van der Waals surface area contributed by atoms with E-state index in [4.69, 9.17) is 4.98 Å². The normalized spacial score (nSPS) is 15.4. The van der Waals surface area contributed by atoms with Crippen molar-refractivity contribution in [1.82, 2.24) is 29.3 Å². The Morgan fingerprint density at radius 2 is 1.88 bits per heavy atom. The zero-order valence-electron chi connectivity index (χ0n) is 21.4. The molecule has 2 aromatic heterocycles. The fourth-order valence-corrected chi connectivity index (χ4v) is 4.62. The molecule has 1 aliphatic rings. The van der Waals surface area contributed by atoms with Crippen LogP contribution < -0.4 is 16.6 Å². The molecule has 0 aromatic carbocycles. The van der Waals surface area contributed by atoms with Crippen LogP contribution in [0.5, 0.6) is 0 Å². The van der Waals surface area contributed by atoms with E-state index in [2.05, 4.69) is 42.9 Å². The highest BCUT2D eigenvalue weighted by Gasteiger charge is 2.20. The Balaban J connectivity index is 1.64. The molecule has 0 atom stereocenters. The van der Waals surface area contributed by atoms with Gasteiger partial charge in [0.05, 0.1) is 0 Å². The number of amides is 1. The summed E-state index contributed by atoms with van der Waals surface area (Å²) >= 11 is 0. The van der Waals surface area contributed by atoms with Crippen LogP contribution in [0.3, 0.4) is 0 Å². The lowest BCUT2D eigenvalue weighted by atomic mass is 9.99. The topological polar surface area (TPSA) is 105 Å². The number of nitrogens with zero attached hydrogens (tertiary/aromatic N) is 4. The Hall–Kier alpha value is -2.42. The predicted octanol–water partition coefficient (Wildman–Crippen LogP) is 2.51. The van der Waals surface area contributed by atoms with Gasteiger partial charge in [-0.25, -0.2) is 9.78 Å². The van der Waals surface area contributed by atoms with Gasteiger partial charge in [-0.05, 0) is 57.2 Å². The zero-order valence-corrected chi connectivity index (χ0v) is 21.4. The van der Waals surface area contributed by atoms with Gasteiger partial charge in [-0.1, -0.05) is 34.1 Å². The summed E-state index contributed by atoms with van der Waals surface area (Å²) in [6.07, 6.45) is 5.97. The maximum Gasteiger partial charge on any atom is 0.330 e. The molecule has 2 N–H and O–H groups in total. The molecule has 2 aromatic rings. The molecule has 1 amide bonds. The summed E-state index contributed by atoms with van der Waals surface area (Å²) < 4.78 is 3.45. The number of hydrogen-bond donors (Lipinski definition) is 2. The molecule has 1 aliphatic heterocycles. The minimum absolute atomic E-state index is 0.00676. The average Bonchev–Trinajstić information content (AvgIpc) is 3.14. The Labute approximate surface area is 201 Å². The van der Waals surface area contributed by atoms with Gasteiger partial charge >= 0.3 is 5.69 Å². The van der Waals surface area contributed by atoms with Crippen molar-refractivity contribution < 1.29 is 4.79 Å². The maximum atomic E-state index is 12.7. The number of likely N-dealkylation sites (tertiary alicyclic amines) is 1. The van der Waals surface area contributed by atoms with Crippen molar-refractivity contribution in [2.24, 2.45) is 11.8 Å². The van der Waals surface area contributed by atoms with Crippen molar-refractivity contribution in [2.45, 2.75) is 85.7 Å². The van der Waals surface area contributed by atoms with Crippen LogP contribution in [0, 0.1) is 11.8 Å². The number of imidazole rings is 1. The number of rotatable bonds is 12. The Morgan fingerprint density at radius 3 is 2.56 bits per heavy atom. The van der Waals surface area contributed by atoms with E-state index < -0.39 is 11.2 Å². The van der Waals surface area contributed by atoms with Crippen molar-refractivity contribution in [1.29, 1.82) is 0 Å². The van der Waals surface area contributed by atoms with Crippen LogP contribution in [-0.4, -0.2) is 56.1 Å². The van der Waals surface area contributed by atoms with Gasteiger partial charge in [-0.3, -0.25) is 19.1 Å².